The van der Waals surface area contributed by atoms with Gasteiger partial charge in [-0.1, -0.05) is 0 Å². The molecule has 0 saturated carbocycles. The van der Waals surface area contributed by atoms with Gasteiger partial charge >= 0.3 is 0 Å². The van der Waals surface area contributed by atoms with E-state index in [0.717, 1.165) is 32.0 Å². The molecule has 0 bridgehead atoms. The van der Waals surface area contributed by atoms with Crippen LogP contribution in [0.15, 0.2) is 18.3 Å². The zero-order chi connectivity index (χ0) is 16.6. The molecule has 0 aliphatic carbocycles. The van der Waals surface area contributed by atoms with Crippen LogP contribution < -0.4 is 10.2 Å². The molecule has 2 rings (SSSR count). The van der Waals surface area contributed by atoms with Crippen molar-refractivity contribution in [1.29, 1.82) is 0 Å². The van der Waals surface area contributed by atoms with Crippen LogP contribution in [0, 0.1) is 10.1 Å². The SMILES string of the molecule is CC(C)(C)OC=O.O=[N+]([O-])c1ccc(N2CCNCC2)nc1. The lowest BCUT2D eigenvalue weighted by molar-refractivity contribution is -0.385. The lowest BCUT2D eigenvalue weighted by Gasteiger charge is -2.28. The van der Waals surface area contributed by atoms with E-state index in [-0.39, 0.29) is 11.3 Å². The Balaban J connectivity index is 0.000000295. The van der Waals surface area contributed by atoms with Gasteiger partial charge in [-0.05, 0) is 26.8 Å². The van der Waals surface area contributed by atoms with E-state index in [9.17, 15) is 14.9 Å². The van der Waals surface area contributed by atoms with Crippen LogP contribution in [-0.2, 0) is 9.53 Å². The number of aromatic nitrogens is 1. The van der Waals surface area contributed by atoms with Gasteiger partial charge < -0.3 is 15.0 Å². The molecule has 22 heavy (non-hydrogen) atoms. The van der Waals surface area contributed by atoms with Crippen LogP contribution in [0.1, 0.15) is 20.8 Å². The van der Waals surface area contributed by atoms with E-state index in [2.05, 4.69) is 19.9 Å². The summed E-state index contributed by atoms with van der Waals surface area (Å²) in [5.74, 6) is 0.808. The van der Waals surface area contributed by atoms with E-state index in [1.54, 1.807) is 6.07 Å². The first-order valence-corrected chi connectivity index (χ1v) is 7.01. The number of carbonyl (C=O) groups excluding carboxylic acids is 1. The zero-order valence-corrected chi connectivity index (χ0v) is 13.1. The van der Waals surface area contributed by atoms with Crippen molar-refractivity contribution in [3.8, 4) is 0 Å². The third-order valence-corrected chi connectivity index (χ3v) is 2.79. The molecule has 1 fully saturated rings. The molecule has 0 aromatic carbocycles. The van der Waals surface area contributed by atoms with Crippen LogP contribution in [0.5, 0.6) is 0 Å². The summed E-state index contributed by atoms with van der Waals surface area (Å²) >= 11 is 0. The van der Waals surface area contributed by atoms with Gasteiger partial charge in [0.25, 0.3) is 12.2 Å². The van der Waals surface area contributed by atoms with Crippen molar-refractivity contribution in [1.82, 2.24) is 10.3 Å². The number of rotatable bonds is 3. The standard InChI is InChI=1S/C9H12N4O2.C5H10O2/c14-13(15)8-1-2-9(11-7-8)12-5-3-10-4-6-12;1-5(2,3)7-4-6/h1-2,7,10H,3-6H2;4H,1-3H3. The monoisotopic (exact) mass is 310 g/mol. The molecular weight excluding hydrogens is 288 g/mol. The predicted octanol–water partition coefficient (Wildman–Crippen LogP) is 1.36. The first-order chi connectivity index (χ1) is 10.3. The quantitative estimate of drug-likeness (QED) is 0.511. The van der Waals surface area contributed by atoms with Crippen LogP contribution in [0.3, 0.4) is 0 Å². The van der Waals surface area contributed by atoms with Crippen molar-refractivity contribution >= 4 is 18.0 Å². The van der Waals surface area contributed by atoms with Gasteiger partial charge in [0, 0.05) is 32.2 Å². The second-order valence-electron chi connectivity index (χ2n) is 5.70. The summed E-state index contributed by atoms with van der Waals surface area (Å²) in [5, 5.41) is 13.7. The predicted molar refractivity (Wildman–Crippen MR) is 82.9 cm³/mol. The van der Waals surface area contributed by atoms with Gasteiger partial charge in [0.1, 0.15) is 17.6 Å². The normalized spacial score (nSPS) is 14.6. The average molecular weight is 310 g/mol. The molecule has 0 atom stereocenters. The highest BCUT2D eigenvalue weighted by Crippen LogP contribution is 2.15. The first-order valence-electron chi connectivity index (χ1n) is 7.01. The zero-order valence-electron chi connectivity index (χ0n) is 13.1. The van der Waals surface area contributed by atoms with Crippen LogP contribution in [0.25, 0.3) is 0 Å². The number of pyridine rings is 1. The van der Waals surface area contributed by atoms with Crippen molar-refractivity contribution in [2.45, 2.75) is 26.4 Å². The Morgan fingerprint density at radius 1 is 1.36 bits per heavy atom. The second-order valence-corrected chi connectivity index (χ2v) is 5.70. The van der Waals surface area contributed by atoms with Gasteiger partial charge in [0.05, 0.1) is 4.92 Å². The summed E-state index contributed by atoms with van der Waals surface area (Å²) in [6, 6.07) is 3.19. The smallest absolute Gasteiger partial charge is 0.293 e. The fraction of sp³-hybridized carbons (Fsp3) is 0.571. The van der Waals surface area contributed by atoms with Crippen molar-refractivity contribution in [3.05, 3.63) is 28.4 Å². The summed E-state index contributed by atoms with van der Waals surface area (Å²) in [6.07, 6.45) is 1.30. The third kappa shape index (κ3) is 6.49. The maximum absolute atomic E-state index is 10.4. The molecule has 0 amide bonds. The number of hydrogen-bond acceptors (Lipinski definition) is 7. The fourth-order valence-electron chi connectivity index (χ4n) is 1.71. The van der Waals surface area contributed by atoms with Crippen LogP contribution in [0.4, 0.5) is 11.5 Å². The molecule has 1 aromatic heterocycles. The summed E-state index contributed by atoms with van der Waals surface area (Å²) in [5.41, 5.74) is -0.282. The number of nitrogens with one attached hydrogen (secondary N) is 1. The van der Waals surface area contributed by atoms with Crippen LogP contribution in [0.2, 0.25) is 0 Å². The lowest BCUT2D eigenvalue weighted by atomic mass is 10.2. The maximum atomic E-state index is 10.4. The molecule has 0 unspecified atom stereocenters. The second kappa shape index (κ2) is 8.28. The van der Waals surface area contributed by atoms with E-state index in [0.29, 0.717) is 6.47 Å². The third-order valence-electron chi connectivity index (χ3n) is 2.79. The topological polar surface area (TPSA) is 97.6 Å². The van der Waals surface area contributed by atoms with Gasteiger partial charge in [0.2, 0.25) is 0 Å². The van der Waals surface area contributed by atoms with E-state index in [4.69, 9.17) is 0 Å². The van der Waals surface area contributed by atoms with Crippen molar-refractivity contribution in [3.63, 3.8) is 0 Å². The average Bonchev–Trinajstić information content (AvgIpc) is 2.48. The lowest BCUT2D eigenvalue weighted by Crippen LogP contribution is -2.43. The molecule has 8 nitrogen and oxygen atoms in total. The molecule has 2 heterocycles. The minimum absolute atomic E-state index is 0.0360. The number of hydrogen-bond donors (Lipinski definition) is 1. The molecule has 1 aliphatic rings. The Bertz CT molecular complexity index is 479. The van der Waals surface area contributed by atoms with Gasteiger partial charge in [-0.3, -0.25) is 14.9 Å². The minimum Gasteiger partial charge on any atom is -0.462 e. The number of piperazine rings is 1. The van der Waals surface area contributed by atoms with Crippen molar-refractivity contribution in [2.75, 3.05) is 31.1 Å². The van der Waals surface area contributed by atoms with Gasteiger partial charge in [0.15, 0.2) is 0 Å². The summed E-state index contributed by atoms with van der Waals surface area (Å²) in [7, 11) is 0. The van der Waals surface area contributed by atoms with Crippen LogP contribution >= 0.6 is 0 Å². The van der Waals surface area contributed by atoms with Crippen molar-refractivity contribution < 1.29 is 14.5 Å². The van der Waals surface area contributed by atoms with Crippen LogP contribution in [-0.4, -0.2) is 48.2 Å². The highest BCUT2D eigenvalue weighted by atomic mass is 16.6. The van der Waals surface area contributed by atoms with E-state index in [1.807, 2.05) is 20.8 Å². The Kier molecular flexibility index (Phi) is 6.71. The Hall–Kier alpha value is -2.22. The van der Waals surface area contributed by atoms with E-state index in [1.165, 1.54) is 12.3 Å². The minimum atomic E-state index is -0.436. The Labute approximate surface area is 129 Å². The molecule has 1 saturated heterocycles. The molecule has 122 valence electrons. The molecule has 0 radical (unpaired) electrons. The summed E-state index contributed by atoms with van der Waals surface area (Å²) in [6.45, 7) is 9.57. The Morgan fingerprint density at radius 2 is 2.00 bits per heavy atom. The number of nitrogens with zero attached hydrogens (tertiary/aromatic N) is 3. The highest BCUT2D eigenvalue weighted by molar-refractivity contribution is 5.43. The number of nitro groups is 1. The van der Waals surface area contributed by atoms with Gasteiger partial charge in [-0.25, -0.2) is 4.98 Å². The molecule has 1 N–H and O–H groups in total. The molecule has 1 aromatic rings. The summed E-state index contributed by atoms with van der Waals surface area (Å²) < 4.78 is 4.55. The summed E-state index contributed by atoms with van der Waals surface area (Å²) in [4.78, 5) is 25.8. The molecule has 1 aliphatic heterocycles. The molecule has 8 heteroatoms. The maximum Gasteiger partial charge on any atom is 0.293 e. The molecular formula is C14H22N4O4. The number of carbonyl (C=O) groups is 1. The first kappa shape index (κ1) is 17.8. The molecule has 0 spiro atoms. The van der Waals surface area contributed by atoms with E-state index >= 15 is 0 Å². The fourth-order valence-corrected chi connectivity index (χ4v) is 1.71. The number of ether oxygens (including phenoxy) is 1. The highest BCUT2D eigenvalue weighted by Gasteiger charge is 2.13. The van der Waals surface area contributed by atoms with Gasteiger partial charge in [-0.2, -0.15) is 0 Å². The largest absolute Gasteiger partial charge is 0.462 e. The van der Waals surface area contributed by atoms with E-state index < -0.39 is 4.92 Å². The van der Waals surface area contributed by atoms with Gasteiger partial charge in [-0.15, -0.1) is 0 Å². The number of anilines is 1. The van der Waals surface area contributed by atoms with Crippen molar-refractivity contribution in [2.24, 2.45) is 0 Å². The Morgan fingerprint density at radius 3 is 2.36 bits per heavy atom.